The van der Waals surface area contributed by atoms with Crippen LogP contribution in [0.1, 0.15) is 53.8 Å². The molecule has 0 radical (unpaired) electrons. The van der Waals surface area contributed by atoms with Gasteiger partial charge in [-0.3, -0.25) is 0 Å². The minimum absolute atomic E-state index is 0.262. The van der Waals surface area contributed by atoms with Crippen LogP contribution in [0.2, 0.25) is 0 Å². The molecule has 27 heavy (non-hydrogen) atoms. The molecule has 0 saturated heterocycles. The largest absolute Gasteiger partial charge is 0.396 e. The van der Waals surface area contributed by atoms with Gasteiger partial charge in [0.2, 0.25) is 5.76 Å². The van der Waals surface area contributed by atoms with Gasteiger partial charge in [0.1, 0.15) is 17.6 Å². The fourth-order valence-corrected chi connectivity index (χ4v) is 3.25. The van der Waals surface area contributed by atoms with Crippen molar-refractivity contribution in [2.45, 2.75) is 31.9 Å². The van der Waals surface area contributed by atoms with Crippen LogP contribution in [0.3, 0.4) is 0 Å². The van der Waals surface area contributed by atoms with Gasteiger partial charge in [-0.05, 0) is 48.8 Å². The Morgan fingerprint density at radius 3 is 2.81 bits per heavy atom. The lowest BCUT2D eigenvalue weighted by Crippen LogP contribution is -2.07. The summed E-state index contributed by atoms with van der Waals surface area (Å²) in [7, 11) is 0. The lowest BCUT2D eigenvalue weighted by atomic mass is 10.1. The molecular formula is C21H21N3O3. The molecule has 1 fully saturated rings. The number of aliphatic hydroxyl groups is 2. The topological polar surface area (TPSA) is 84.3 Å². The van der Waals surface area contributed by atoms with E-state index in [4.69, 9.17) is 4.52 Å². The highest BCUT2D eigenvalue weighted by Crippen LogP contribution is 2.46. The molecule has 3 atom stereocenters. The Kier molecular flexibility index (Phi) is 4.80. The van der Waals surface area contributed by atoms with Crippen LogP contribution in [0.15, 0.2) is 47.2 Å². The summed E-state index contributed by atoms with van der Waals surface area (Å²) in [6.07, 6.45) is 3.87. The molecule has 138 valence electrons. The third kappa shape index (κ3) is 3.95. The van der Waals surface area contributed by atoms with Gasteiger partial charge < -0.3 is 19.3 Å². The molecule has 1 aliphatic carbocycles. The number of benzene rings is 1. The van der Waals surface area contributed by atoms with E-state index in [1.54, 1.807) is 25.4 Å². The first kappa shape index (κ1) is 17.5. The monoisotopic (exact) mass is 363 g/mol. The van der Waals surface area contributed by atoms with Crippen molar-refractivity contribution in [3.8, 4) is 11.8 Å². The maximum atomic E-state index is 9.71. The van der Waals surface area contributed by atoms with Gasteiger partial charge in [-0.15, -0.1) is 0 Å². The van der Waals surface area contributed by atoms with Crippen molar-refractivity contribution < 1.29 is 14.7 Å². The quantitative estimate of drug-likeness (QED) is 0.681. The van der Waals surface area contributed by atoms with Crippen molar-refractivity contribution in [3.63, 3.8) is 0 Å². The Balaban J connectivity index is 1.42. The van der Waals surface area contributed by atoms with Gasteiger partial charge in [-0.1, -0.05) is 23.2 Å². The third-order valence-electron chi connectivity index (χ3n) is 4.84. The highest BCUT2D eigenvalue weighted by molar-refractivity contribution is 5.41. The number of hydrogen-bond donors (Lipinski definition) is 2. The normalized spacial score (nSPS) is 19.4. The van der Waals surface area contributed by atoms with Crippen LogP contribution >= 0.6 is 0 Å². The number of rotatable bonds is 5. The summed E-state index contributed by atoms with van der Waals surface area (Å²) in [4.78, 5) is 4.14. The fraction of sp³-hybridized carbons (Fsp3) is 0.333. The van der Waals surface area contributed by atoms with Crippen LogP contribution < -0.4 is 0 Å². The van der Waals surface area contributed by atoms with Crippen LogP contribution in [-0.2, 0) is 6.54 Å². The molecule has 2 unspecified atom stereocenters. The number of aromatic nitrogens is 3. The predicted molar refractivity (Wildman–Crippen MR) is 98.8 cm³/mol. The molecule has 0 bridgehead atoms. The Hall–Kier alpha value is -2.88. The zero-order chi connectivity index (χ0) is 18.8. The zero-order valence-electron chi connectivity index (χ0n) is 15.0. The molecule has 4 rings (SSSR count). The molecule has 6 nitrogen and oxygen atoms in total. The summed E-state index contributed by atoms with van der Waals surface area (Å²) in [5.41, 5.74) is 2.89. The Morgan fingerprint density at radius 1 is 1.30 bits per heavy atom. The van der Waals surface area contributed by atoms with Crippen molar-refractivity contribution in [2.75, 3.05) is 6.61 Å². The second-order valence-electron chi connectivity index (χ2n) is 6.93. The number of nitrogens with zero attached hydrogens (tertiary/aromatic N) is 3. The minimum atomic E-state index is -0.641. The average Bonchev–Trinajstić information content (AvgIpc) is 3.07. The van der Waals surface area contributed by atoms with Crippen LogP contribution in [-0.4, -0.2) is 31.5 Å². The van der Waals surface area contributed by atoms with Crippen LogP contribution in [0, 0.1) is 17.8 Å². The lowest BCUT2D eigenvalue weighted by Gasteiger charge is -2.07. The van der Waals surface area contributed by atoms with E-state index in [1.165, 1.54) is 5.56 Å². The van der Waals surface area contributed by atoms with Crippen LogP contribution in [0.25, 0.3) is 0 Å². The van der Waals surface area contributed by atoms with Crippen LogP contribution in [0.4, 0.5) is 0 Å². The zero-order valence-corrected chi connectivity index (χ0v) is 15.0. The summed E-state index contributed by atoms with van der Waals surface area (Å²) < 4.78 is 7.12. The molecule has 1 saturated carbocycles. The lowest BCUT2D eigenvalue weighted by molar-refractivity contribution is 0.184. The maximum Gasteiger partial charge on any atom is 0.210 e. The Labute approximate surface area is 157 Å². The van der Waals surface area contributed by atoms with Crippen molar-refractivity contribution in [1.82, 2.24) is 14.7 Å². The Morgan fingerprint density at radius 2 is 2.11 bits per heavy atom. The van der Waals surface area contributed by atoms with E-state index in [2.05, 4.69) is 34.1 Å². The SMILES string of the molecule is C[C@H](O)c1nccn1Cc1cc(C#Cc2ccc(C3CC3CO)cc2)on1. The summed E-state index contributed by atoms with van der Waals surface area (Å²) in [6, 6.07) is 9.93. The molecule has 2 aromatic heterocycles. The maximum absolute atomic E-state index is 9.71. The van der Waals surface area contributed by atoms with Gasteiger partial charge in [0.25, 0.3) is 0 Å². The fourth-order valence-electron chi connectivity index (χ4n) is 3.25. The van der Waals surface area contributed by atoms with Gasteiger partial charge in [-0.2, -0.15) is 0 Å². The predicted octanol–water partition coefficient (Wildman–Crippen LogP) is 2.47. The summed E-state index contributed by atoms with van der Waals surface area (Å²) in [6.45, 7) is 2.41. The minimum Gasteiger partial charge on any atom is -0.396 e. The molecule has 2 heterocycles. The number of aliphatic hydroxyl groups excluding tert-OH is 2. The molecule has 0 amide bonds. The van der Waals surface area contributed by atoms with Gasteiger partial charge in [-0.25, -0.2) is 4.98 Å². The van der Waals surface area contributed by atoms with Gasteiger partial charge in [0, 0.05) is 30.6 Å². The van der Waals surface area contributed by atoms with E-state index in [0.717, 1.165) is 17.7 Å². The van der Waals surface area contributed by atoms with E-state index in [1.807, 2.05) is 16.7 Å². The standard InChI is InChI=1S/C21H21N3O3/c1-14(26)21-22-8-9-24(21)12-18-11-19(27-23-18)7-4-15-2-5-16(6-3-15)20-10-17(20)13-25/h2-3,5-6,8-9,11,14,17,20,25-26H,10,12-13H2,1H3/t14-,17?,20?/m0/s1. The molecule has 0 spiro atoms. The van der Waals surface area contributed by atoms with E-state index >= 15 is 0 Å². The molecule has 6 heteroatoms. The molecule has 2 N–H and O–H groups in total. The van der Waals surface area contributed by atoms with Crippen molar-refractivity contribution >= 4 is 0 Å². The second-order valence-corrected chi connectivity index (χ2v) is 6.93. The molecule has 3 aromatic rings. The highest BCUT2D eigenvalue weighted by atomic mass is 16.5. The molecule has 1 aromatic carbocycles. The van der Waals surface area contributed by atoms with Gasteiger partial charge >= 0.3 is 0 Å². The highest BCUT2D eigenvalue weighted by Gasteiger charge is 2.37. The smallest absolute Gasteiger partial charge is 0.210 e. The molecule has 1 aliphatic rings. The number of hydrogen-bond acceptors (Lipinski definition) is 5. The molecule has 0 aliphatic heterocycles. The van der Waals surface area contributed by atoms with E-state index in [-0.39, 0.29) is 6.61 Å². The third-order valence-corrected chi connectivity index (χ3v) is 4.84. The summed E-state index contributed by atoms with van der Waals surface area (Å²) in [5.74, 6) is 8.06. The van der Waals surface area contributed by atoms with Crippen molar-refractivity contribution in [2.24, 2.45) is 5.92 Å². The van der Waals surface area contributed by atoms with Gasteiger partial charge in [0.05, 0.1) is 6.54 Å². The van der Waals surface area contributed by atoms with Crippen molar-refractivity contribution in [1.29, 1.82) is 0 Å². The average molecular weight is 363 g/mol. The molecular weight excluding hydrogens is 342 g/mol. The first-order valence-corrected chi connectivity index (χ1v) is 9.01. The van der Waals surface area contributed by atoms with Crippen molar-refractivity contribution in [3.05, 3.63) is 71.1 Å². The first-order valence-electron chi connectivity index (χ1n) is 9.01. The second kappa shape index (κ2) is 7.39. The number of imidazole rings is 1. The summed E-state index contributed by atoms with van der Waals surface area (Å²) in [5, 5.41) is 22.9. The Bertz CT molecular complexity index is 976. The van der Waals surface area contributed by atoms with Gasteiger partial charge in [0.15, 0.2) is 0 Å². The van der Waals surface area contributed by atoms with E-state index in [0.29, 0.717) is 30.0 Å². The van der Waals surface area contributed by atoms with Crippen LogP contribution in [0.5, 0.6) is 0 Å². The first-order chi connectivity index (χ1) is 13.1. The van der Waals surface area contributed by atoms with E-state index in [9.17, 15) is 10.2 Å². The summed E-state index contributed by atoms with van der Waals surface area (Å²) >= 11 is 0. The van der Waals surface area contributed by atoms with E-state index < -0.39 is 6.10 Å².